The number of hydrogen-bond acceptors (Lipinski definition) is 3. The van der Waals surface area contributed by atoms with Crippen LogP contribution in [0.25, 0.3) is 0 Å². The van der Waals surface area contributed by atoms with E-state index >= 15 is 0 Å². The SMILES string of the molecule is O=C(COCc1ccccc1Cl)OCc1ccc(Cl)cc1Cl. The van der Waals surface area contributed by atoms with E-state index in [4.69, 9.17) is 44.3 Å². The number of halogens is 3. The topological polar surface area (TPSA) is 35.5 Å². The third-order valence-electron chi connectivity index (χ3n) is 2.84. The van der Waals surface area contributed by atoms with E-state index in [0.29, 0.717) is 20.6 Å². The summed E-state index contributed by atoms with van der Waals surface area (Å²) < 4.78 is 10.4. The lowest BCUT2D eigenvalue weighted by Gasteiger charge is -2.08. The largest absolute Gasteiger partial charge is 0.459 e. The maximum Gasteiger partial charge on any atom is 0.332 e. The molecule has 0 fully saturated rings. The summed E-state index contributed by atoms with van der Waals surface area (Å²) in [5.41, 5.74) is 1.50. The predicted molar refractivity (Wildman–Crippen MR) is 87.4 cm³/mol. The fraction of sp³-hybridized carbons (Fsp3) is 0.188. The lowest BCUT2D eigenvalue weighted by Crippen LogP contribution is -2.12. The standard InChI is InChI=1S/C16H13Cl3O3/c17-13-6-5-12(15(19)7-13)9-22-16(20)10-21-8-11-3-1-2-4-14(11)18/h1-7H,8-10H2. The Morgan fingerprint density at radius 3 is 2.36 bits per heavy atom. The number of carbonyl (C=O) groups excluding carboxylic acids is 1. The van der Waals surface area contributed by atoms with Crippen LogP contribution >= 0.6 is 34.8 Å². The average Bonchev–Trinajstić information content (AvgIpc) is 2.48. The molecule has 3 nitrogen and oxygen atoms in total. The van der Waals surface area contributed by atoms with Crippen LogP contribution in [0, 0.1) is 0 Å². The molecule has 0 heterocycles. The predicted octanol–water partition coefficient (Wildman–Crippen LogP) is 4.91. The van der Waals surface area contributed by atoms with Crippen molar-refractivity contribution in [3.05, 3.63) is 68.7 Å². The Hall–Kier alpha value is -1.26. The molecule has 0 saturated heterocycles. The van der Waals surface area contributed by atoms with Crippen LogP contribution in [0.1, 0.15) is 11.1 Å². The number of ether oxygens (including phenoxy) is 2. The van der Waals surface area contributed by atoms with Crippen LogP contribution < -0.4 is 0 Å². The summed E-state index contributed by atoms with van der Waals surface area (Å²) in [5.74, 6) is -0.474. The fourth-order valence-corrected chi connectivity index (χ4v) is 2.35. The minimum absolute atomic E-state index is 0.0737. The van der Waals surface area contributed by atoms with Crippen molar-refractivity contribution in [2.75, 3.05) is 6.61 Å². The monoisotopic (exact) mass is 358 g/mol. The first kappa shape index (κ1) is 17.1. The van der Waals surface area contributed by atoms with Gasteiger partial charge in [0.1, 0.15) is 13.2 Å². The van der Waals surface area contributed by atoms with Gasteiger partial charge >= 0.3 is 5.97 Å². The molecule has 0 atom stereocenters. The molecule has 0 unspecified atom stereocenters. The van der Waals surface area contributed by atoms with Crippen LogP contribution in [-0.4, -0.2) is 12.6 Å². The first-order valence-electron chi connectivity index (χ1n) is 6.47. The second kappa shape index (κ2) is 8.39. The van der Waals surface area contributed by atoms with Gasteiger partial charge in [0, 0.05) is 20.6 Å². The van der Waals surface area contributed by atoms with Crippen molar-refractivity contribution in [1.29, 1.82) is 0 Å². The highest BCUT2D eigenvalue weighted by atomic mass is 35.5. The van der Waals surface area contributed by atoms with Crippen LogP contribution in [0.4, 0.5) is 0 Å². The maximum absolute atomic E-state index is 11.6. The Morgan fingerprint density at radius 1 is 0.909 bits per heavy atom. The second-order valence-electron chi connectivity index (χ2n) is 4.48. The highest BCUT2D eigenvalue weighted by Crippen LogP contribution is 2.21. The Morgan fingerprint density at radius 2 is 1.64 bits per heavy atom. The Bertz CT molecular complexity index is 659. The second-order valence-corrected chi connectivity index (χ2v) is 5.73. The van der Waals surface area contributed by atoms with Crippen LogP contribution in [0.3, 0.4) is 0 Å². The van der Waals surface area contributed by atoms with E-state index in [1.54, 1.807) is 24.3 Å². The number of rotatable bonds is 6. The third-order valence-corrected chi connectivity index (χ3v) is 3.79. The molecule has 2 aromatic rings. The summed E-state index contributed by atoms with van der Waals surface area (Å²) in [6.07, 6.45) is 0. The van der Waals surface area contributed by atoms with Crippen LogP contribution in [-0.2, 0) is 27.5 Å². The summed E-state index contributed by atoms with van der Waals surface area (Å²) >= 11 is 17.8. The number of hydrogen-bond donors (Lipinski definition) is 0. The van der Waals surface area contributed by atoms with Gasteiger partial charge in [-0.1, -0.05) is 59.1 Å². The van der Waals surface area contributed by atoms with Crippen molar-refractivity contribution < 1.29 is 14.3 Å². The van der Waals surface area contributed by atoms with E-state index in [0.717, 1.165) is 5.56 Å². The van der Waals surface area contributed by atoms with Crippen LogP contribution in [0.2, 0.25) is 15.1 Å². The maximum atomic E-state index is 11.6. The summed E-state index contributed by atoms with van der Waals surface area (Å²) in [7, 11) is 0. The van der Waals surface area contributed by atoms with Crippen LogP contribution in [0.5, 0.6) is 0 Å². The van der Waals surface area contributed by atoms with E-state index < -0.39 is 5.97 Å². The number of benzene rings is 2. The average molecular weight is 360 g/mol. The normalized spacial score (nSPS) is 10.5. The zero-order valence-electron chi connectivity index (χ0n) is 11.5. The van der Waals surface area contributed by atoms with Gasteiger partial charge in [-0.2, -0.15) is 0 Å². The van der Waals surface area contributed by atoms with E-state index in [-0.39, 0.29) is 19.8 Å². The highest BCUT2D eigenvalue weighted by Gasteiger charge is 2.07. The van der Waals surface area contributed by atoms with E-state index in [2.05, 4.69) is 0 Å². The first-order valence-corrected chi connectivity index (χ1v) is 7.60. The highest BCUT2D eigenvalue weighted by molar-refractivity contribution is 6.35. The molecule has 0 aromatic heterocycles. The minimum Gasteiger partial charge on any atom is -0.459 e. The van der Waals surface area contributed by atoms with Gasteiger partial charge in [-0.3, -0.25) is 0 Å². The third kappa shape index (κ3) is 5.18. The van der Waals surface area contributed by atoms with Gasteiger partial charge in [-0.15, -0.1) is 0 Å². The molecule has 0 saturated carbocycles. The number of carbonyl (C=O) groups is 1. The molecule has 0 aliphatic rings. The molecule has 0 amide bonds. The van der Waals surface area contributed by atoms with Gasteiger partial charge in [-0.25, -0.2) is 4.79 Å². The van der Waals surface area contributed by atoms with Crippen molar-refractivity contribution in [3.63, 3.8) is 0 Å². The van der Waals surface area contributed by atoms with E-state index in [1.165, 1.54) is 0 Å². The minimum atomic E-state index is -0.474. The van der Waals surface area contributed by atoms with Crippen molar-refractivity contribution in [1.82, 2.24) is 0 Å². The smallest absolute Gasteiger partial charge is 0.332 e. The molecule has 116 valence electrons. The van der Waals surface area contributed by atoms with Crippen LogP contribution in [0.15, 0.2) is 42.5 Å². The molecule has 0 aliphatic carbocycles. The van der Waals surface area contributed by atoms with Crippen molar-refractivity contribution in [2.24, 2.45) is 0 Å². The lowest BCUT2D eigenvalue weighted by molar-refractivity contribution is -0.150. The lowest BCUT2D eigenvalue weighted by atomic mass is 10.2. The van der Waals surface area contributed by atoms with Crippen molar-refractivity contribution in [3.8, 4) is 0 Å². The van der Waals surface area contributed by atoms with E-state index in [9.17, 15) is 4.79 Å². The molecule has 0 aliphatic heterocycles. The molecule has 0 spiro atoms. The van der Waals surface area contributed by atoms with Gasteiger partial charge in [-0.05, 0) is 23.8 Å². The number of esters is 1. The molecular weight excluding hydrogens is 347 g/mol. The molecule has 22 heavy (non-hydrogen) atoms. The van der Waals surface area contributed by atoms with Crippen molar-refractivity contribution in [2.45, 2.75) is 13.2 Å². The molecule has 2 aromatic carbocycles. The molecule has 0 N–H and O–H groups in total. The fourth-order valence-electron chi connectivity index (χ4n) is 1.70. The first-order chi connectivity index (χ1) is 10.6. The van der Waals surface area contributed by atoms with Gasteiger partial charge < -0.3 is 9.47 Å². The Balaban J connectivity index is 1.75. The molecule has 2 rings (SSSR count). The summed E-state index contributed by atoms with van der Waals surface area (Å²) in [5, 5.41) is 1.59. The molecule has 0 radical (unpaired) electrons. The van der Waals surface area contributed by atoms with Gasteiger partial charge in [0.05, 0.1) is 6.61 Å². The Kier molecular flexibility index (Phi) is 6.52. The molecule has 0 bridgehead atoms. The van der Waals surface area contributed by atoms with Gasteiger partial charge in [0.2, 0.25) is 0 Å². The summed E-state index contributed by atoms with van der Waals surface area (Å²) in [4.78, 5) is 11.6. The quantitative estimate of drug-likeness (QED) is 0.688. The summed E-state index contributed by atoms with van der Waals surface area (Å²) in [6, 6.07) is 12.3. The van der Waals surface area contributed by atoms with E-state index in [1.807, 2.05) is 18.2 Å². The summed E-state index contributed by atoms with van der Waals surface area (Å²) in [6.45, 7) is 0.164. The van der Waals surface area contributed by atoms with Crippen molar-refractivity contribution >= 4 is 40.8 Å². The molecular formula is C16H13Cl3O3. The zero-order valence-corrected chi connectivity index (χ0v) is 13.8. The zero-order chi connectivity index (χ0) is 15.9. The van der Waals surface area contributed by atoms with Gasteiger partial charge in [0.25, 0.3) is 0 Å². The molecule has 6 heteroatoms. The Labute approximate surface area is 143 Å². The van der Waals surface area contributed by atoms with Gasteiger partial charge in [0.15, 0.2) is 0 Å².